The standard InChI is InChI=1S/C12H17NO/c1-9-5-4-8-12(9,14)10-6-2-3-7-11(10)13/h2-3,6-7,9,14H,4-5,8,13H2,1H3/t9-,12-/m1/s1. The van der Waals surface area contributed by atoms with Gasteiger partial charge in [0.1, 0.15) is 0 Å². The van der Waals surface area contributed by atoms with Crippen molar-refractivity contribution in [3.63, 3.8) is 0 Å². The van der Waals surface area contributed by atoms with E-state index in [4.69, 9.17) is 5.73 Å². The lowest BCUT2D eigenvalue weighted by Gasteiger charge is -2.29. The van der Waals surface area contributed by atoms with Crippen LogP contribution < -0.4 is 5.73 Å². The predicted octanol–water partition coefficient (Wildman–Crippen LogP) is 2.28. The van der Waals surface area contributed by atoms with Crippen molar-refractivity contribution in [1.29, 1.82) is 0 Å². The number of hydrogen-bond donors (Lipinski definition) is 2. The summed E-state index contributed by atoms with van der Waals surface area (Å²) in [5.41, 5.74) is 6.82. The molecule has 0 saturated heterocycles. The number of nitrogen functional groups attached to an aromatic ring is 1. The Hall–Kier alpha value is -1.02. The van der Waals surface area contributed by atoms with Gasteiger partial charge >= 0.3 is 0 Å². The van der Waals surface area contributed by atoms with Crippen LogP contribution in [0.25, 0.3) is 0 Å². The van der Waals surface area contributed by atoms with Crippen LogP contribution in [0.5, 0.6) is 0 Å². The van der Waals surface area contributed by atoms with Crippen LogP contribution in [0.2, 0.25) is 0 Å². The number of nitrogens with two attached hydrogens (primary N) is 1. The molecule has 1 aromatic rings. The van der Waals surface area contributed by atoms with Crippen LogP contribution in [-0.2, 0) is 5.60 Å². The summed E-state index contributed by atoms with van der Waals surface area (Å²) in [7, 11) is 0. The van der Waals surface area contributed by atoms with Crippen LogP contribution in [0, 0.1) is 5.92 Å². The molecule has 0 amide bonds. The molecule has 0 heterocycles. The molecule has 0 aromatic heterocycles. The van der Waals surface area contributed by atoms with Crippen LogP contribution >= 0.6 is 0 Å². The normalized spacial score (nSPS) is 32.0. The molecular formula is C12H17NO. The SMILES string of the molecule is C[C@@H]1CCC[C@]1(O)c1ccccc1N. The summed E-state index contributed by atoms with van der Waals surface area (Å²) in [4.78, 5) is 0. The Bertz CT molecular complexity index is 337. The Kier molecular flexibility index (Phi) is 2.23. The molecule has 0 bridgehead atoms. The minimum absolute atomic E-state index is 0.312. The van der Waals surface area contributed by atoms with E-state index in [9.17, 15) is 5.11 Å². The van der Waals surface area contributed by atoms with Crippen molar-refractivity contribution in [2.75, 3.05) is 5.73 Å². The van der Waals surface area contributed by atoms with Gasteiger partial charge in [-0.05, 0) is 31.2 Å². The first-order chi connectivity index (χ1) is 6.64. The molecule has 2 heteroatoms. The zero-order valence-electron chi connectivity index (χ0n) is 8.53. The molecule has 0 unspecified atom stereocenters. The van der Waals surface area contributed by atoms with Gasteiger partial charge in [-0.2, -0.15) is 0 Å². The van der Waals surface area contributed by atoms with E-state index in [1.54, 1.807) is 0 Å². The molecule has 0 radical (unpaired) electrons. The van der Waals surface area contributed by atoms with Crippen LogP contribution in [0.4, 0.5) is 5.69 Å². The molecule has 1 fully saturated rings. The van der Waals surface area contributed by atoms with Gasteiger partial charge in [0.05, 0.1) is 5.60 Å². The van der Waals surface area contributed by atoms with Gasteiger partial charge in [-0.15, -0.1) is 0 Å². The Morgan fingerprint density at radius 2 is 2.14 bits per heavy atom. The lowest BCUT2D eigenvalue weighted by Crippen LogP contribution is -2.29. The second-order valence-corrected chi connectivity index (χ2v) is 4.30. The molecule has 0 spiro atoms. The summed E-state index contributed by atoms with van der Waals surface area (Å²) in [6.07, 6.45) is 3.01. The molecule has 2 nitrogen and oxygen atoms in total. The molecule has 1 saturated carbocycles. The molecule has 1 aromatic carbocycles. The maximum Gasteiger partial charge on any atom is 0.0941 e. The Morgan fingerprint density at radius 3 is 2.71 bits per heavy atom. The highest BCUT2D eigenvalue weighted by Crippen LogP contribution is 2.44. The molecule has 1 aliphatic carbocycles. The molecule has 1 aliphatic rings. The van der Waals surface area contributed by atoms with Gasteiger partial charge in [0.2, 0.25) is 0 Å². The topological polar surface area (TPSA) is 46.2 Å². The third kappa shape index (κ3) is 1.30. The first kappa shape index (κ1) is 9.53. The van der Waals surface area contributed by atoms with Crippen LogP contribution in [0.1, 0.15) is 31.7 Å². The number of anilines is 1. The molecule has 3 N–H and O–H groups in total. The number of rotatable bonds is 1. The van der Waals surface area contributed by atoms with Gasteiger partial charge in [0, 0.05) is 11.3 Å². The van der Waals surface area contributed by atoms with Crippen molar-refractivity contribution in [2.45, 2.75) is 31.8 Å². The maximum atomic E-state index is 10.5. The van der Waals surface area contributed by atoms with Crippen molar-refractivity contribution >= 4 is 5.69 Å². The fourth-order valence-electron chi connectivity index (χ4n) is 2.45. The third-order valence-corrected chi connectivity index (χ3v) is 3.44. The van der Waals surface area contributed by atoms with E-state index < -0.39 is 5.60 Å². The van der Waals surface area contributed by atoms with Crippen molar-refractivity contribution in [1.82, 2.24) is 0 Å². The van der Waals surface area contributed by atoms with E-state index >= 15 is 0 Å². The van der Waals surface area contributed by atoms with E-state index in [0.29, 0.717) is 11.6 Å². The summed E-state index contributed by atoms with van der Waals surface area (Å²) < 4.78 is 0. The van der Waals surface area contributed by atoms with Crippen molar-refractivity contribution < 1.29 is 5.11 Å². The number of aliphatic hydroxyl groups is 1. The van der Waals surface area contributed by atoms with Gasteiger partial charge in [-0.1, -0.05) is 25.1 Å². The fourth-order valence-corrected chi connectivity index (χ4v) is 2.45. The van der Waals surface area contributed by atoms with E-state index in [0.717, 1.165) is 24.8 Å². The highest BCUT2D eigenvalue weighted by Gasteiger charge is 2.40. The van der Waals surface area contributed by atoms with Gasteiger partial charge in [0.25, 0.3) is 0 Å². The van der Waals surface area contributed by atoms with Crippen LogP contribution in [-0.4, -0.2) is 5.11 Å². The van der Waals surface area contributed by atoms with E-state index in [1.165, 1.54) is 0 Å². The minimum atomic E-state index is -0.689. The van der Waals surface area contributed by atoms with Gasteiger partial charge in [-0.3, -0.25) is 0 Å². The maximum absolute atomic E-state index is 10.5. The van der Waals surface area contributed by atoms with Crippen LogP contribution in [0.15, 0.2) is 24.3 Å². The summed E-state index contributed by atoms with van der Waals surface area (Å²) in [5, 5.41) is 10.5. The average molecular weight is 191 g/mol. The molecule has 14 heavy (non-hydrogen) atoms. The van der Waals surface area contributed by atoms with E-state index in [1.807, 2.05) is 24.3 Å². The molecule has 0 aliphatic heterocycles. The van der Waals surface area contributed by atoms with E-state index in [2.05, 4.69) is 6.92 Å². The second kappa shape index (κ2) is 3.28. The number of benzene rings is 1. The fraction of sp³-hybridized carbons (Fsp3) is 0.500. The zero-order valence-corrected chi connectivity index (χ0v) is 8.53. The lowest BCUT2D eigenvalue weighted by molar-refractivity contribution is 0.00523. The summed E-state index contributed by atoms with van der Waals surface area (Å²) >= 11 is 0. The molecule has 76 valence electrons. The van der Waals surface area contributed by atoms with Gasteiger partial charge < -0.3 is 10.8 Å². The zero-order chi connectivity index (χ0) is 10.2. The molecule has 2 rings (SSSR count). The minimum Gasteiger partial charge on any atom is -0.398 e. The largest absolute Gasteiger partial charge is 0.398 e. The first-order valence-corrected chi connectivity index (χ1v) is 5.22. The average Bonchev–Trinajstić information content (AvgIpc) is 2.49. The summed E-state index contributed by atoms with van der Waals surface area (Å²) in [6, 6.07) is 7.64. The Balaban J connectivity index is 2.43. The third-order valence-electron chi connectivity index (χ3n) is 3.44. The van der Waals surface area contributed by atoms with Crippen molar-refractivity contribution in [2.24, 2.45) is 5.92 Å². The molecular weight excluding hydrogens is 174 g/mol. The summed E-state index contributed by atoms with van der Waals surface area (Å²) in [5.74, 6) is 0.312. The quantitative estimate of drug-likeness (QED) is 0.669. The highest BCUT2D eigenvalue weighted by molar-refractivity contribution is 5.50. The van der Waals surface area contributed by atoms with Crippen molar-refractivity contribution in [3.8, 4) is 0 Å². The van der Waals surface area contributed by atoms with E-state index in [-0.39, 0.29) is 0 Å². The monoisotopic (exact) mass is 191 g/mol. The number of hydrogen-bond acceptors (Lipinski definition) is 2. The smallest absolute Gasteiger partial charge is 0.0941 e. The summed E-state index contributed by atoms with van der Waals surface area (Å²) in [6.45, 7) is 2.10. The van der Waals surface area contributed by atoms with Gasteiger partial charge in [-0.25, -0.2) is 0 Å². The van der Waals surface area contributed by atoms with Crippen molar-refractivity contribution in [3.05, 3.63) is 29.8 Å². The number of para-hydroxylation sites is 1. The Labute approximate surface area is 84.7 Å². The highest BCUT2D eigenvalue weighted by atomic mass is 16.3. The predicted molar refractivity (Wildman–Crippen MR) is 57.8 cm³/mol. The van der Waals surface area contributed by atoms with Gasteiger partial charge in [0.15, 0.2) is 0 Å². The first-order valence-electron chi connectivity index (χ1n) is 5.22. The van der Waals surface area contributed by atoms with Crippen LogP contribution in [0.3, 0.4) is 0 Å². The molecule has 2 atom stereocenters. The lowest BCUT2D eigenvalue weighted by atomic mass is 9.84. The second-order valence-electron chi connectivity index (χ2n) is 4.30. The Morgan fingerprint density at radius 1 is 1.43 bits per heavy atom.